The Bertz CT molecular complexity index is 664. The number of rotatable bonds is 3. The fourth-order valence-electron chi connectivity index (χ4n) is 2.64. The molecule has 2 heterocycles. The van der Waals surface area contributed by atoms with Gasteiger partial charge in [0.05, 0.1) is 11.8 Å². The maximum atomic E-state index is 10.8. The summed E-state index contributed by atoms with van der Waals surface area (Å²) in [6.07, 6.45) is 0.836. The molecule has 112 valence electrons. The lowest BCUT2D eigenvalue weighted by Gasteiger charge is -2.23. The second kappa shape index (κ2) is 5.87. The molecule has 0 spiro atoms. The number of nitrogens with one attached hydrogen (secondary N) is 1. The van der Waals surface area contributed by atoms with Gasteiger partial charge in [0, 0.05) is 13.2 Å². The Morgan fingerprint density at radius 1 is 1.48 bits per heavy atom. The number of fused-ring (bicyclic) bond motifs is 1. The molecule has 0 bridgehead atoms. The van der Waals surface area contributed by atoms with E-state index in [1.165, 1.54) is 16.9 Å². The molecule has 0 aliphatic carbocycles. The predicted molar refractivity (Wildman–Crippen MR) is 80.6 cm³/mol. The minimum Gasteiger partial charge on any atom is -0.494 e. The Balaban J connectivity index is 2.07. The molecule has 1 amide bonds. The summed E-state index contributed by atoms with van der Waals surface area (Å²) in [5, 5.41) is 11.5. The van der Waals surface area contributed by atoms with Crippen molar-refractivity contribution < 1.29 is 19.4 Å². The largest absolute Gasteiger partial charge is 0.494 e. The van der Waals surface area contributed by atoms with Crippen molar-refractivity contribution in [3.05, 3.63) is 17.7 Å². The summed E-state index contributed by atoms with van der Waals surface area (Å²) in [5.74, 6) is 1.08. The van der Waals surface area contributed by atoms with E-state index in [0.29, 0.717) is 16.8 Å². The van der Waals surface area contributed by atoms with E-state index in [2.05, 4.69) is 16.4 Å². The van der Waals surface area contributed by atoms with E-state index in [0.717, 1.165) is 36.3 Å². The van der Waals surface area contributed by atoms with Crippen LogP contribution in [0, 0.1) is 0 Å². The molecular formula is C14H16N2O4S. The van der Waals surface area contributed by atoms with E-state index < -0.39 is 6.09 Å². The first-order chi connectivity index (χ1) is 10.2. The molecule has 6 nitrogen and oxygen atoms in total. The number of ether oxygens (including phenoxy) is 2. The second-order valence-electron chi connectivity index (χ2n) is 4.87. The van der Waals surface area contributed by atoms with Gasteiger partial charge in [-0.05, 0) is 30.4 Å². The van der Waals surface area contributed by atoms with Gasteiger partial charge in [0.1, 0.15) is 11.3 Å². The van der Waals surface area contributed by atoms with Crippen LogP contribution >= 0.6 is 11.3 Å². The summed E-state index contributed by atoms with van der Waals surface area (Å²) in [4.78, 5) is 15.1. The van der Waals surface area contributed by atoms with Crippen LogP contribution in [0.1, 0.15) is 24.3 Å². The van der Waals surface area contributed by atoms with Crippen LogP contribution in [0.3, 0.4) is 0 Å². The number of carboxylic acid groups (broad SMARTS) is 1. The molecule has 1 saturated heterocycles. The number of aromatic nitrogens is 1. The lowest BCUT2D eigenvalue weighted by atomic mass is 9.91. The SMILES string of the molecule is COc1ccc(C2CCOCC2)c2sc(NC(=O)O)nc12. The molecule has 1 aliphatic heterocycles. The summed E-state index contributed by atoms with van der Waals surface area (Å²) in [7, 11) is 1.59. The highest BCUT2D eigenvalue weighted by molar-refractivity contribution is 7.22. The lowest BCUT2D eigenvalue weighted by Crippen LogP contribution is -2.14. The van der Waals surface area contributed by atoms with Gasteiger partial charge in [0.15, 0.2) is 5.13 Å². The molecule has 1 aromatic carbocycles. The van der Waals surface area contributed by atoms with Gasteiger partial charge in [-0.1, -0.05) is 17.4 Å². The Hall–Kier alpha value is -1.86. The van der Waals surface area contributed by atoms with Crippen LogP contribution in [-0.2, 0) is 4.74 Å². The van der Waals surface area contributed by atoms with Gasteiger partial charge in [0.2, 0.25) is 0 Å². The van der Waals surface area contributed by atoms with Crippen LogP contribution in [0.5, 0.6) is 5.75 Å². The fraction of sp³-hybridized carbons (Fsp3) is 0.429. The number of methoxy groups -OCH3 is 1. The highest BCUT2D eigenvalue weighted by Crippen LogP contribution is 2.40. The summed E-state index contributed by atoms with van der Waals surface area (Å²) >= 11 is 1.35. The summed E-state index contributed by atoms with van der Waals surface area (Å²) in [5.41, 5.74) is 1.92. The zero-order valence-electron chi connectivity index (χ0n) is 11.6. The lowest BCUT2D eigenvalue weighted by molar-refractivity contribution is 0.0856. The van der Waals surface area contributed by atoms with Crippen LogP contribution in [0.4, 0.5) is 9.93 Å². The Labute approximate surface area is 125 Å². The van der Waals surface area contributed by atoms with E-state index in [4.69, 9.17) is 14.6 Å². The van der Waals surface area contributed by atoms with Crippen molar-refractivity contribution in [2.75, 3.05) is 25.6 Å². The fourth-order valence-corrected chi connectivity index (χ4v) is 3.71. The van der Waals surface area contributed by atoms with Crippen molar-refractivity contribution in [2.45, 2.75) is 18.8 Å². The van der Waals surface area contributed by atoms with Gasteiger partial charge >= 0.3 is 6.09 Å². The number of benzene rings is 1. The van der Waals surface area contributed by atoms with Crippen molar-refractivity contribution in [3.8, 4) is 5.75 Å². The quantitative estimate of drug-likeness (QED) is 0.909. The van der Waals surface area contributed by atoms with Crippen molar-refractivity contribution in [1.29, 1.82) is 0 Å². The van der Waals surface area contributed by atoms with Crippen molar-refractivity contribution in [2.24, 2.45) is 0 Å². The van der Waals surface area contributed by atoms with Gasteiger partial charge in [-0.3, -0.25) is 5.32 Å². The number of nitrogens with zero attached hydrogens (tertiary/aromatic N) is 1. The van der Waals surface area contributed by atoms with Gasteiger partial charge in [0.25, 0.3) is 0 Å². The third-order valence-corrected chi connectivity index (χ3v) is 4.65. The molecule has 2 aromatic rings. The van der Waals surface area contributed by atoms with E-state index in [1.54, 1.807) is 7.11 Å². The molecule has 7 heteroatoms. The molecule has 0 unspecified atom stereocenters. The normalized spacial score (nSPS) is 16.0. The van der Waals surface area contributed by atoms with E-state index in [1.807, 2.05) is 6.07 Å². The van der Waals surface area contributed by atoms with Crippen molar-refractivity contribution in [3.63, 3.8) is 0 Å². The van der Waals surface area contributed by atoms with Crippen LogP contribution < -0.4 is 10.1 Å². The highest BCUT2D eigenvalue weighted by Gasteiger charge is 2.22. The molecule has 1 aliphatic rings. The van der Waals surface area contributed by atoms with Crippen molar-refractivity contribution >= 4 is 32.8 Å². The van der Waals surface area contributed by atoms with Gasteiger partial charge in [-0.15, -0.1) is 0 Å². The smallest absolute Gasteiger partial charge is 0.410 e. The van der Waals surface area contributed by atoms with Crippen LogP contribution in [0.25, 0.3) is 10.2 Å². The first-order valence-corrected chi connectivity index (χ1v) is 7.56. The van der Waals surface area contributed by atoms with Gasteiger partial charge in [-0.2, -0.15) is 0 Å². The zero-order valence-corrected chi connectivity index (χ0v) is 12.4. The average Bonchev–Trinajstić information content (AvgIpc) is 2.89. The Morgan fingerprint density at radius 2 is 2.24 bits per heavy atom. The topological polar surface area (TPSA) is 80.7 Å². The van der Waals surface area contributed by atoms with Gasteiger partial charge in [-0.25, -0.2) is 9.78 Å². The molecule has 2 N–H and O–H groups in total. The second-order valence-corrected chi connectivity index (χ2v) is 5.87. The molecular weight excluding hydrogens is 292 g/mol. The summed E-state index contributed by atoms with van der Waals surface area (Å²) in [6.45, 7) is 1.52. The van der Waals surface area contributed by atoms with Crippen molar-refractivity contribution in [1.82, 2.24) is 4.98 Å². The molecule has 21 heavy (non-hydrogen) atoms. The molecule has 1 fully saturated rings. The number of hydrogen-bond acceptors (Lipinski definition) is 5. The number of carbonyl (C=O) groups is 1. The van der Waals surface area contributed by atoms with Crippen LogP contribution in [-0.4, -0.2) is 36.5 Å². The maximum absolute atomic E-state index is 10.8. The van der Waals surface area contributed by atoms with Crippen LogP contribution in [0.2, 0.25) is 0 Å². The number of thiazole rings is 1. The van der Waals surface area contributed by atoms with E-state index in [9.17, 15) is 4.79 Å². The monoisotopic (exact) mass is 308 g/mol. The molecule has 0 saturated carbocycles. The third-order valence-electron chi connectivity index (χ3n) is 3.63. The van der Waals surface area contributed by atoms with E-state index >= 15 is 0 Å². The first kappa shape index (κ1) is 14.1. The maximum Gasteiger partial charge on any atom is 0.410 e. The average molecular weight is 308 g/mol. The minimum atomic E-state index is -1.11. The molecule has 3 rings (SSSR count). The number of amides is 1. The minimum absolute atomic E-state index is 0.371. The Kier molecular flexibility index (Phi) is 3.94. The summed E-state index contributed by atoms with van der Waals surface area (Å²) < 4.78 is 11.7. The predicted octanol–water partition coefficient (Wildman–Crippen LogP) is 3.29. The molecule has 0 atom stereocenters. The van der Waals surface area contributed by atoms with Crippen LogP contribution in [0.15, 0.2) is 12.1 Å². The Morgan fingerprint density at radius 3 is 2.90 bits per heavy atom. The summed E-state index contributed by atoms with van der Waals surface area (Å²) in [6, 6.07) is 3.96. The highest BCUT2D eigenvalue weighted by atomic mass is 32.1. The third kappa shape index (κ3) is 2.79. The van der Waals surface area contributed by atoms with Gasteiger partial charge < -0.3 is 14.6 Å². The van der Waals surface area contributed by atoms with E-state index in [-0.39, 0.29) is 0 Å². The first-order valence-electron chi connectivity index (χ1n) is 6.74. The number of anilines is 1. The zero-order chi connectivity index (χ0) is 14.8. The molecule has 1 aromatic heterocycles. The standard InChI is InChI=1S/C14H16N2O4S/c1-19-10-3-2-9(8-4-6-20-7-5-8)12-11(10)15-13(21-12)16-14(17)18/h2-3,8H,4-7H2,1H3,(H,15,16)(H,17,18). The number of hydrogen-bond donors (Lipinski definition) is 2. The molecule has 0 radical (unpaired) electrons.